The summed E-state index contributed by atoms with van der Waals surface area (Å²) in [6.07, 6.45) is 10.3. The maximum Gasteiger partial charge on any atom is 0.151 e. The van der Waals surface area contributed by atoms with E-state index in [2.05, 4.69) is 14.8 Å². The molecule has 3 rings (SSSR count). The predicted molar refractivity (Wildman–Crippen MR) is 83.9 cm³/mol. The average Bonchev–Trinajstić information content (AvgIpc) is 2.77. The summed E-state index contributed by atoms with van der Waals surface area (Å²) in [6, 6.07) is 4.67. The Bertz CT molecular complexity index is 418. The SMILES string of the molecule is Nc1cccnc1N1CCN(C2CCCCCC2)CC1. The Balaban J connectivity index is 1.58. The third kappa shape index (κ3) is 3.06. The largest absolute Gasteiger partial charge is 0.396 e. The molecule has 0 unspecified atom stereocenters. The zero-order chi connectivity index (χ0) is 13.8. The van der Waals surface area contributed by atoms with E-state index in [0.717, 1.165) is 43.7 Å². The van der Waals surface area contributed by atoms with Crippen molar-refractivity contribution in [2.75, 3.05) is 36.8 Å². The lowest BCUT2D eigenvalue weighted by molar-refractivity contribution is 0.169. The lowest BCUT2D eigenvalue weighted by Gasteiger charge is -2.39. The van der Waals surface area contributed by atoms with Gasteiger partial charge in [0.2, 0.25) is 0 Å². The van der Waals surface area contributed by atoms with Gasteiger partial charge in [-0.1, -0.05) is 25.7 Å². The second kappa shape index (κ2) is 6.44. The highest BCUT2D eigenvalue weighted by atomic mass is 15.3. The minimum absolute atomic E-state index is 0.801. The lowest BCUT2D eigenvalue weighted by Crippen LogP contribution is -2.50. The molecule has 1 aliphatic heterocycles. The van der Waals surface area contributed by atoms with Gasteiger partial charge in [-0.15, -0.1) is 0 Å². The van der Waals surface area contributed by atoms with E-state index in [1.165, 1.54) is 38.5 Å². The molecule has 1 saturated carbocycles. The summed E-state index contributed by atoms with van der Waals surface area (Å²) in [5, 5.41) is 0. The molecule has 1 aromatic rings. The third-order valence-electron chi connectivity index (χ3n) is 4.77. The normalized spacial score (nSPS) is 22.7. The molecule has 1 saturated heterocycles. The number of nitrogens with zero attached hydrogens (tertiary/aromatic N) is 3. The fourth-order valence-electron chi connectivity index (χ4n) is 3.60. The summed E-state index contributed by atoms with van der Waals surface area (Å²) < 4.78 is 0. The van der Waals surface area contributed by atoms with Crippen LogP contribution in [0.3, 0.4) is 0 Å². The molecule has 0 spiro atoms. The molecule has 4 nitrogen and oxygen atoms in total. The van der Waals surface area contributed by atoms with Crippen molar-refractivity contribution in [3.63, 3.8) is 0 Å². The average molecular weight is 274 g/mol. The summed E-state index contributed by atoms with van der Waals surface area (Å²) in [7, 11) is 0. The number of pyridine rings is 1. The zero-order valence-electron chi connectivity index (χ0n) is 12.3. The summed E-state index contributed by atoms with van der Waals surface area (Å²) in [4.78, 5) is 9.47. The fraction of sp³-hybridized carbons (Fsp3) is 0.688. The first-order valence-electron chi connectivity index (χ1n) is 8.04. The number of hydrogen-bond donors (Lipinski definition) is 1. The molecule has 0 bridgehead atoms. The first kappa shape index (κ1) is 13.7. The van der Waals surface area contributed by atoms with Crippen LogP contribution in [0.5, 0.6) is 0 Å². The number of aromatic nitrogens is 1. The summed E-state index contributed by atoms with van der Waals surface area (Å²) in [5.41, 5.74) is 6.83. The van der Waals surface area contributed by atoms with E-state index in [4.69, 9.17) is 5.73 Å². The number of piperazine rings is 1. The van der Waals surface area contributed by atoms with Crippen LogP contribution in [-0.4, -0.2) is 42.1 Å². The van der Waals surface area contributed by atoms with Gasteiger partial charge in [-0.05, 0) is 25.0 Å². The number of hydrogen-bond acceptors (Lipinski definition) is 4. The Morgan fingerprint density at radius 1 is 1.00 bits per heavy atom. The summed E-state index contributed by atoms with van der Waals surface area (Å²) >= 11 is 0. The van der Waals surface area contributed by atoms with Crippen molar-refractivity contribution in [1.29, 1.82) is 0 Å². The van der Waals surface area contributed by atoms with Crippen LogP contribution < -0.4 is 10.6 Å². The molecule has 110 valence electrons. The van der Waals surface area contributed by atoms with E-state index < -0.39 is 0 Å². The molecule has 0 aromatic carbocycles. The van der Waals surface area contributed by atoms with E-state index in [9.17, 15) is 0 Å². The Kier molecular flexibility index (Phi) is 4.41. The van der Waals surface area contributed by atoms with Crippen molar-refractivity contribution in [1.82, 2.24) is 9.88 Å². The van der Waals surface area contributed by atoms with Crippen LogP contribution in [0, 0.1) is 0 Å². The van der Waals surface area contributed by atoms with Crippen molar-refractivity contribution in [2.24, 2.45) is 0 Å². The van der Waals surface area contributed by atoms with E-state index in [1.54, 1.807) is 0 Å². The van der Waals surface area contributed by atoms with Gasteiger partial charge in [0.15, 0.2) is 5.82 Å². The first-order chi connectivity index (χ1) is 9.84. The molecule has 0 radical (unpaired) electrons. The van der Waals surface area contributed by atoms with Gasteiger partial charge in [0.25, 0.3) is 0 Å². The van der Waals surface area contributed by atoms with Gasteiger partial charge in [-0.3, -0.25) is 4.90 Å². The quantitative estimate of drug-likeness (QED) is 0.842. The Morgan fingerprint density at radius 3 is 2.35 bits per heavy atom. The Morgan fingerprint density at radius 2 is 1.70 bits per heavy atom. The number of nitrogens with two attached hydrogens (primary N) is 1. The Hall–Kier alpha value is -1.29. The van der Waals surface area contributed by atoms with Crippen LogP contribution in [0.4, 0.5) is 11.5 Å². The zero-order valence-corrected chi connectivity index (χ0v) is 12.3. The van der Waals surface area contributed by atoms with Gasteiger partial charge in [-0.25, -0.2) is 4.98 Å². The number of rotatable bonds is 2. The monoisotopic (exact) mass is 274 g/mol. The molecule has 2 N–H and O–H groups in total. The fourth-order valence-corrected chi connectivity index (χ4v) is 3.60. The molecule has 1 aromatic heterocycles. The topological polar surface area (TPSA) is 45.4 Å². The highest BCUT2D eigenvalue weighted by Crippen LogP contribution is 2.25. The van der Waals surface area contributed by atoms with Crippen molar-refractivity contribution in [3.05, 3.63) is 18.3 Å². The van der Waals surface area contributed by atoms with Crippen LogP contribution in [0.25, 0.3) is 0 Å². The molecule has 0 amide bonds. The smallest absolute Gasteiger partial charge is 0.151 e. The van der Waals surface area contributed by atoms with Crippen LogP contribution in [0.2, 0.25) is 0 Å². The molecule has 1 aliphatic carbocycles. The van der Waals surface area contributed by atoms with Gasteiger partial charge >= 0.3 is 0 Å². The summed E-state index contributed by atoms with van der Waals surface area (Å²) in [6.45, 7) is 4.41. The second-order valence-corrected chi connectivity index (χ2v) is 6.08. The number of anilines is 2. The molecule has 2 fully saturated rings. The standard InChI is InChI=1S/C16H26N4/c17-15-8-5-9-18-16(15)20-12-10-19(11-13-20)14-6-3-1-2-4-7-14/h5,8-9,14H,1-4,6-7,10-13,17H2. The number of nitrogen functional groups attached to an aromatic ring is 1. The van der Waals surface area contributed by atoms with Crippen molar-refractivity contribution in [2.45, 2.75) is 44.6 Å². The third-order valence-corrected chi connectivity index (χ3v) is 4.77. The van der Waals surface area contributed by atoms with Crippen LogP contribution in [-0.2, 0) is 0 Å². The molecule has 4 heteroatoms. The molecule has 2 aliphatic rings. The van der Waals surface area contributed by atoms with E-state index in [-0.39, 0.29) is 0 Å². The lowest BCUT2D eigenvalue weighted by atomic mass is 10.1. The minimum atomic E-state index is 0.801. The van der Waals surface area contributed by atoms with Crippen LogP contribution in [0.15, 0.2) is 18.3 Å². The Labute approximate surface area is 122 Å². The first-order valence-corrected chi connectivity index (χ1v) is 8.04. The van der Waals surface area contributed by atoms with Gasteiger partial charge < -0.3 is 10.6 Å². The highest BCUT2D eigenvalue weighted by Gasteiger charge is 2.25. The summed E-state index contributed by atoms with van der Waals surface area (Å²) in [5.74, 6) is 0.966. The minimum Gasteiger partial charge on any atom is -0.396 e. The van der Waals surface area contributed by atoms with Crippen LogP contribution in [0.1, 0.15) is 38.5 Å². The predicted octanol–water partition coefficient (Wildman–Crippen LogP) is 2.51. The maximum atomic E-state index is 6.03. The van der Waals surface area contributed by atoms with Crippen molar-refractivity contribution in [3.8, 4) is 0 Å². The van der Waals surface area contributed by atoms with E-state index >= 15 is 0 Å². The van der Waals surface area contributed by atoms with E-state index in [0.29, 0.717) is 0 Å². The van der Waals surface area contributed by atoms with Crippen molar-refractivity contribution >= 4 is 11.5 Å². The maximum absolute atomic E-state index is 6.03. The molecule has 0 atom stereocenters. The van der Waals surface area contributed by atoms with Gasteiger partial charge in [0, 0.05) is 38.4 Å². The van der Waals surface area contributed by atoms with Gasteiger partial charge in [0.1, 0.15) is 0 Å². The van der Waals surface area contributed by atoms with E-state index in [1.807, 2.05) is 18.3 Å². The molecule has 20 heavy (non-hydrogen) atoms. The molecule has 2 heterocycles. The highest BCUT2D eigenvalue weighted by molar-refractivity contribution is 5.62. The van der Waals surface area contributed by atoms with Crippen molar-refractivity contribution < 1.29 is 0 Å². The van der Waals surface area contributed by atoms with Gasteiger partial charge in [-0.2, -0.15) is 0 Å². The molecular weight excluding hydrogens is 248 g/mol. The van der Waals surface area contributed by atoms with Gasteiger partial charge in [0.05, 0.1) is 5.69 Å². The molecular formula is C16H26N4. The van der Waals surface area contributed by atoms with Crippen LogP contribution >= 0.6 is 0 Å². The second-order valence-electron chi connectivity index (χ2n) is 6.08.